The lowest BCUT2D eigenvalue weighted by Gasteiger charge is -2.26. The number of carbonyl (C=O) groups excluding carboxylic acids is 1. The van der Waals surface area contributed by atoms with Gasteiger partial charge in [0.2, 0.25) is 0 Å². The van der Waals surface area contributed by atoms with Crippen LogP contribution in [0, 0.1) is 0 Å². The van der Waals surface area contributed by atoms with E-state index in [1.165, 1.54) is 11.3 Å². The van der Waals surface area contributed by atoms with E-state index in [9.17, 15) is 9.59 Å². The van der Waals surface area contributed by atoms with Gasteiger partial charge in [-0.2, -0.15) is 0 Å². The van der Waals surface area contributed by atoms with Gasteiger partial charge in [0.25, 0.3) is 5.56 Å². The molecule has 0 aliphatic heterocycles. The number of hydrogen-bond acceptors (Lipinski definition) is 5. The summed E-state index contributed by atoms with van der Waals surface area (Å²) < 4.78 is 11.9. The number of hydrogen-bond donors (Lipinski definition) is 1. The van der Waals surface area contributed by atoms with Crippen LogP contribution in [-0.2, 0) is 4.74 Å². The molecule has 2 aromatic heterocycles. The van der Waals surface area contributed by atoms with E-state index in [0.717, 1.165) is 38.7 Å². The largest absolute Gasteiger partial charge is 0.496 e. The van der Waals surface area contributed by atoms with Crippen molar-refractivity contribution >= 4 is 38.4 Å². The molecular weight excluding hydrogens is 448 g/mol. The Kier molecular flexibility index (Phi) is 6.41. The van der Waals surface area contributed by atoms with E-state index in [0.29, 0.717) is 11.2 Å². The minimum atomic E-state index is -0.522. The maximum Gasteiger partial charge on any atom is 0.410 e. The third kappa shape index (κ3) is 4.66. The van der Waals surface area contributed by atoms with Gasteiger partial charge >= 0.3 is 6.09 Å². The van der Waals surface area contributed by atoms with Gasteiger partial charge in [-0.3, -0.25) is 4.79 Å². The van der Waals surface area contributed by atoms with Crippen LogP contribution in [0.25, 0.3) is 32.1 Å². The molecule has 4 rings (SSSR count). The van der Waals surface area contributed by atoms with E-state index < -0.39 is 5.60 Å². The molecule has 0 spiro atoms. The van der Waals surface area contributed by atoms with E-state index >= 15 is 0 Å². The summed E-state index contributed by atoms with van der Waals surface area (Å²) >= 11 is 1.44. The van der Waals surface area contributed by atoms with Gasteiger partial charge in [0.15, 0.2) is 0 Å². The molecule has 1 N–H and O–H groups in total. The van der Waals surface area contributed by atoms with Crippen LogP contribution in [0.2, 0.25) is 0 Å². The number of carbonyl (C=O) groups is 1. The second-order valence-electron chi connectivity index (χ2n) is 9.57. The zero-order chi connectivity index (χ0) is 24.6. The summed E-state index contributed by atoms with van der Waals surface area (Å²) in [4.78, 5) is 29.4. The van der Waals surface area contributed by atoms with Crippen molar-refractivity contribution in [1.82, 2.24) is 9.88 Å². The lowest BCUT2D eigenvalue weighted by Crippen LogP contribution is -2.36. The Morgan fingerprint density at radius 3 is 2.47 bits per heavy atom. The fourth-order valence-electron chi connectivity index (χ4n) is 4.19. The number of aromatic nitrogens is 1. The molecule has 0 fully saturated rings. The number of H-pyrrole nitrogens is 1. The van der Waals surface area contributed by atoms with Crippen LogP contribution in [0.4, 0.5) is 4.79 Å². The highest BCUT2D eigenvalue weighted by Gasteiger charge is 2.22. The molecule has 0 aliphatic rings. The van der Waals surface area contributed by atoms with Crippen LogP contribution in [0.15, 0.2) is 52.6 Å². The molecule has 0 unspecified atom stereocenters. The van der Waals surface area contributed by atoms with Gasteiger partial charge in [-0.05, 0) is 61.4 Å². The van der Waals surface area contributed by atoms with Crippen molar-refractivity contribution in [3.05, 3.63) is 63.8 Å². The van der Waals surface area contributed by atoms with Crippen molar-refractivity contribution in [2.45, 2.75) is 39.2 Å². The Bertz CT molecular complexity index is 1400. The molecule has 4 aromatic rings. The van der Waals surface area contributed by atoms with Crippen LogP contribution in [0.1, 0.15) is 39.2 Å². The number of pyridine rings is 1. The summed E-state index contributed by atoms with van der Waals surface area (Å²) in [5, 5.41) is 3.84. The van der Waals surface area contributed by atoms with Gasteiger partial charge in [0.05, 0.1) is 7.11 Å². The Balaban J connectivity index is 1.68. The quantitative estimate of drug-likeness (QED) is 0.361. The number of likely N-dealkylation sites (N-methyl/N-ethyl adjacent to an activating group) is 1. The highest BCUT2D eigenvalue weighted by molar-refractivity contribution is 7.17. The minimum Gasteiger partial charge on any atom is -0.496 e. The van der Waals surface area contributed by atoms with Crippen molar-refractivity contribution in [2.75, 3.05) is 20.7 Å². The maximum absolute atomic E-state index is 12.5. The standard InChI is InChI=1S/C27H30N2O4S/c1-16(15-29(5)26(31)33-27(2,3)4)17-7-9-18(10-8-17)22-21(32-6)12-11-20-23(22)19-13-14-34-24(19)25(30)28-20/h7-14,16H,15H2,1-6H3,(H,28,30)/t16-/m0/s1. The third-order valence-corrected chi connectivity index (χ3v) is 6.71. The SMILES string of the molecule is COc1ccc2[nH]c(=O)c3sccc3c2c1-c1ccc([C@@H](C)CN(C)C(=O)OC(C)(C)C)cc1. The predicted molar refractivity (Wildman–Crippen MR) is 139 cm³/mol. The van der Waals surface area contributed by atoms with Crippen LogP contribution in [0.5, 0.6) is 5.75 Å². The first-order valence-electron chi connectivity index (χ1n) is 11.2. The molecular formula is C27H30N2O4S. The molecule has 0 aliphatic carbocycles. The number of nitrogens with one attached hydrogen (secondary N) is 1. The van der Waals surface area contributed by atoms with Crippen LogP contribution in [-0.4, -0.2) is 42.3 Å². The first kappa shape index (κ1) is 23.8. The van der Waals surface area contributed by atoms with Gasteiger partial charge in [-0.15, -0.1) is 11.3 Å². The van der Waals surface area contributed by atoms with Gasteiger partial charge in [0, 0.05) is 35.4 Å². The molecule has 7 heteroatoms. The average molecular weight is 479 g/mol. The Labute approximate surface area is 203 Å². The second-order valence-corrected chi connectivity index (χ2v) is 10.5. The topological polar surface area (TPSA) is 71.6 Å². The molecule has 0 radical (unpaired) electrons. The number of amides is 1. The molecule has 2 aromatic carbocycles. The zero-order valence-electron chi connectivity index (χ0n) is 20.4. The Morgan fingerprint density at radius 2 is 1.82 bits per heavy atom. The van der Waals surface area contributed by atoms with Crippen molar-refractivity contribution in [3.63, 3.8) is 0 Å². The fourth-order valence-corrected chi connectivity index (χ4v) is 4.99. The number of thiophene rings is 1. The third-order valence-electron chi connectivity index (χ3n) is 5.80. The summed E-state index contributed by atoms with van der Waals surface area (Å²) in [5.74, 6) is 0.874. The van der Waals surface area contributed by atoms with Gasteiger partial charge in [-0.25, -0.2) is 4.79 Å². The zero-order valence-corrected chi connectivity index (χ0v) is 21.2. The summed E-state index contributed by atoms with van der Waals surface area (Å²) in [7, 11) is 3.41. The number of benzene rings is 2. The summed E-state index contributed by atoms with van der Waals surface area (Å²) in [5.41, 5.74) is 3.25. The Hall–Kier alpha value is -3.32. The van der Waals surface area contributed by atoms with Crippen LogP contribution >= 0.6 is 11.3 Å². The molecule has 0 bridgehead atoms. The number of rotatable bonds is 5. The summed E-state index contributed by atoms with van der Waals surface area (Å²) in [6.45, 7) is 8.22. The monoisotopic (exact) mass is 478 g/mol. The lowest BCUT2D eigenvalue weighted by molar-refractivity contribution is 0.0291. The number of fused-ring (bicyclic) bond motifs is 3. The summed E-state index contributed by atoms with van der Waals surface area (Å²) in [6, 6.07) is 14.1. The van der Waals surface area contributed by atoms with Crippen molar-refractivity contribution in [3.8, 4) is 16.9 Å². The average Bonchev–Trinajstić information content (AvgIpc) is 3.28. The second kappa shape index (κ2) is 9.14. The van der Waals surface area contributed by atoms with E-state index in [1.807, 2.05) is 44.4 Å². The summed E-state index contributed by atoms with van der Waals surface area (Å²) in [6.07, 6.45) is -0.328. The molecule has 0 saturated heterocycles. The fraction of sp³-hybridized carbons (Fsp3) is 0.333. The van der Waals surface area contributed by atoms with Gasteiger partial charge in [0.1, 0.15) is 16.1 Å². The molecule has 0 saturated carbocycles. The first-order chi connectivity index (χ1) is 16.1. The number of aromatic amines is 1. The van der Waals surface area contributed by atoms with Crippen molar-refractivity contribution in [1.29, 1.82) is 0 Å². The van der Waals surface area contributed by atoms with E-state index in [1.54, 1.807) is 19.1 Å². The smallest absolute Gasteiger partial charge is 0.410 e. The molecule has 1 atom stereocenters. The molecule has 34 heavy (non-hydrogen) atoms. The Morgan fingerprint density at radius 1 is 1.12 bits per heavy atom. The van der Waals surface area contributed by atoms with Gasteiger partial charge < -0.3 is 19.4 Å². The van der Waals surface area contributed by atoms with Crippen LogP contribution in [0.3, 0.4) is 0 Å². The van der Waals surface area contributed by atoms with E-state index in [-0.39, 0.29) is 17.6 Å². The maximum atomic E-state index is 12.5. The highest BCUT2D eigenvalue weighted by atomic mass is 32.1. The van der Waals surface area contributed by atoms with Crippen LogP contribution < -0.4 is 10.3 Å². The molecule has 178 valence electrons. The number of ether oxygens (including phenoxy) is 2. The van der Waals surface area contributed by atoms with Crippen molar-refractivity contribution in [2.24, 2.45) is 0 Å². The normalized spacial score (nSPS) is 12.6. The number of nitrogens with zero attached hydrogens (tertiary/aromatic N) is 1. The lowest BCUT2D eigenvalue weighted by atomic mass is 9.94. The number of methoxy groups -OCH3 is 1. The van der Waals surface area contributed by atoms with Crippen molar-refractivity contribution < 1.29 is 14.3 Å². The molecule has 2 heterocycles. The first-order valence-corrected chi connectivity index (χ1v) is 12.1. The molecule has 1 amide bonds. The minimum absolute atomic E-state index is 0.0769. The van der Waals surface area contributed by atoms with Gasteiger partial charge in [-0.1, -0.05) is 31.2 Å². The molecule has 6 nitrogen and oxygen atoms in total. The predicted octanol–water partition coefficient (Wildman–Crippen LogP) is 6.39. The van der Waals surface area contributed by atoms with E-state index in [4.69, 9.17) is 9.47 Å². The highest BCUT2D eigenvalue weighted by Crippen LogP contribution is 2.40. The van der Waals surface area contributed by atoms with E-state index in [2.05, 4.69) is 36.2 Å².